The summed E-state index contributed by atoms with van der Waals surface area (Å²) in [6, 6.07) is 3.40. The molecule has 2 heterocycles. The first-order valence-electron chi connectivity index (χ1n) is 4.90. The number of aromatic hydroxyl groups is 1. The van der Waals surface area contributed by atoms with E-state index in [0.29, 0.717) is 18.3 Å². The Morgan fingerprint density at radius 2 is 2.40 bits per heavy atom. The SMILES string of the molecule is Cl.NCC1CCN(c2ncccc2O)C1. The maximum absolute atomic E-state index is 9.59. The summed E-state index contributed by atoms with van der Waals surface area (Å²) >= 11 is 0. The molecule has 5 heteroatoms. The van der Waals surface area contributed by atoms with E-state index in [1.54, 1.807) is 18.3 Å². The van der Waals surface area contributed by atoms with Crippen LogP contribution < -0.4 is 10.6 Å². The molecule has 0 spiro atoms. The highest BCUT2D eigenvalue weighted by molar-refractivity contribution is 5.85. The van der Waals surface area contributed by atoms with Crippen LogP contribution in [0.1, 0.15) is 6.42 Å². The van der Waals surface area contributed by atoms with E-state index in [1.807, 2.05) is 0 Å². The van der Waals surface area contributed by atoms with Crippen LogP contribution in [0.4, 0.5) is 5.82 Å². The van der Waals surface area contributed by atoms with E-state index in [-0.39, 0.29) is 18.2 Å². The molecule has 4 nitrogen and oxygen atoms in total. The Hall–Kier alpha value is -1.00. The predicted molar refractivity (Wildman–Crippen MR) is 62.5 cm³/mol. The lowest BCUT2D eigenvalue weighted by molar-refractivity contribution is 0.472. The molecular weight excluding hydrogens is 214 g/mol. The first kappa shape index (κ1) is 12.1. The summed E-state index contributed by atoms with van der Waals surface area (Å²) < 4.78 is 0. The van der Waals surface area contributed by atoms with Crippen LogP contribution in [0.3, 0.4) is 0 Å². The second kappa shape index (κ2) is 5.19. The number of hydrogen-bond acceptors (Lipinski definition) is 4. The molecule has 1 aliphatic rings. The minimum atomic E-state index is 0. The molecule has 0 radical (unpaired) electrons. The van der Waals surface area contributed by atoms with Gasteiger partial charge in [0.2, 0.25) is 0 Å². The average molecular weight is 230 g/mol. The van der Waals surface area contributed by atoms with Gasteiger partial charge >= 0.3 is 0 Å². The van der Waals surface area contributed by atoms with Crippen molar-refractivity contribution >= 4 is 18.2 Å². The largest absolute Gasteiger partial charge is 0.504 e. The van der Waals surface area contributed by atoms with Crippen molar-refractivity contribution in [1.29, 1.82) is 0 Å². The van der Waals surface area contributed by atoms with Crippen molar-refractivity contribution in [3.63, 3.8) is 0 Å². The predicted octanol–water partition coefficient (Wildman–Crippen LogP) is 0.994. The van der Waals surface area contributed by atoms with Crippen LogP contribution in [0.2, 0.25) is 0 Å². The van der Waals surface area contributed by atoms with Crippen LogP contribution in [0.15, 0.2) is 18.3 Å². The van der Waals surface area contributed by atoms with E-state index in [4.69, 9.17) is 5.73 Å². The van der Waals surface area contributed by atoms with E-state index in [0.717, 1.165) is 19.5 Å². The van der Waals surface area contributed by atoms with Gasteiger partial charge in [-0.25, -0.2) is 4.98 Å². The minimum absolute atomic E-state index is 0. The fourth-order valence-corrected chi connectivity index (χ4v) is 1.85. The van der Waals surface area contributed by atoms with Gasteiger partial charge in [-0.1, -0.05) is 0 Å². The molecule has 1 saturated heterocycles. The standard InChI is InChI=1S/C10H15N3O.ClH/c11-6-8-3-5-13(7-8)10-9(14)2-1-4-12-10;/h1-2,4,8,14H,3,5-7,11H2;1H. The maximum atomic E-state index is 9.59. The molecule has 0 aliphatic carbocycles. The normalized spacial score (nSPS) is 20.1. The van der Waals surface area contributed by atoms with E-state index in [9.17, 15) is 5.11 Å². The molecule has 3 N–H and O–H groups in total. The van der Waals surface area contributed by atoms with Gasteiger partial charge < -0.3 is 15.7 Å². The molecule has 1 aliphatic heterocycles. The van der Waals surface area contributed by atoms with Crippen LogP contribution in [0.5, 0.6) is 5.75 Å². The Balaban J connectivity index is 0.00000112. The monoisotopic (exact) mass is 229 g/mol. The quantitative estimate of drug-likeness (QED) is 0.794. The number of rotatable bonds is 2. The van der Waals surface area contributed by atoms with E-state index >= 15 is 0 Å². The highest BCUT2D eigenvalue weighted by atomic mass is 35.5. The second-order valence-electron chi connectivity index (χ2n) is 3.68. The zero-order valence-electron chi connectivity index (χ0n) is 8.47. The van der Waals surface area contributed by atoms with Gasteiger partial charge in [-0.2, -0.15) is 0 Å². The molecule has 0 amide bonds. The van der Waals surface area contributed by atoms with Gasteiger partial charge in [-0.15, -0.1) is 12.4 Å². The number of nitrogens with two attached hydrogens (primary N) is 1. The Kier molecular flexibility index (Phi) is 4.17. The van der Waals surface area contributed by atoms with Gasteiger partial charge in [0.15, 0.2) is 11.6 Å². The molecule has 15 heavy (non-hydrogen) atoms. The Morgan fingerprint density at radius 3 is 3.00 bits per heavy atom. The molecule has 1 aromatic rings. The molecule has 1 unspecified atom stereocenters. The zero-order valence-corrected chi connectivity index (χ0v) is 9.28. The van der Waals surface area contributed by atoms with Crippen LogP contribution in [0.25, 0.3) is 0 Å². The molecule has 0 aromatic carbocycles. The van der Waals surface area contributed by atoms with Gasteiger partial charge in [0.25, 0.3) is 0 Å². The van der Waals surface area contributed by atoms with Crippen LogP contribution in [-0.4, -0.2) is 29.7 Å². The molecule has 2 rings (SSSR count). The van der Waals surface area contributed by atoms with Gasteiger partial charge in [0.05, 0.1) is 0 Å². The van der Waals surface area contributed by atoms with E-state index in [1.165, 1.54) is 0 Å². The molecule has 1 atom stereocenters. The summed E-state index contributed by atoms with van der Waals surface area (Å²) in [5.41, 5.74) is 5.60. The van der Waals surface area contributed by atoms with Gasteiger partial charge in [0.1, 0.15) is 0 Å². The second-order valence-corrected chi connectivity index (χ2v) is 3.68. The first-order valence-corrected chi connectivity index (χ1v) is 4.90. The van der Waals surface area contributed by atoms with Crippen molar-refractivity contribution in [2.24, 2.45) is 11.7 Å². The first-order chi connectivity index (χ1) is 6.81. The van der Waals surface area contributed by atoms with Crippen LogP contribution >= 0.6 is 12.4 Å². The summed E-state index contributed by atoms with van der Waals surface area (Å²) in [4.78, 5) is 6.25. The summed E-state index contributed by atoms with van der Waals surface area (Å²) in [6.07, 6.45) is 2.79. The number of nitrogens with zero attached hydrogens (tertiary/aromatic N) is 2. The van der Waals surface area contributed by atoms with Gasteiger partial charge in [-0.05, 0) is 31.0 Å². The third kappa shape index (κ3) is 2.52. The lowest BCUT2D eigenvalue weighted by Gasteiger charge is -2.17. The smallest absolute Gasteiger partial charge is 0.171 e. The molecule has 1 fully saturated rings. The molecule has 0 saturated carbocycles. The van der Waals surface area contributed by atoms with Crippen molar-refractivity contribution in [2.75, 3.05) is 24.5 Å². The Morgan fingerprint density at radius 1 is 1.60 bits per heavy atom. The third-order valence-electron chi connectivity index (χ3n) is 2.68. The zero-order chi connectivity index (χ0) is 9.97. The summed E-state index contributed by atoms with van der Waals surface area (Å²) in [6.45, 7) is 2.55. The lowest BCUT2D eigenvalue weighted by Crippen LogP contribution is -2.23. The Labute approximate surface area is 95.5 Å². The fraction of sp³-hybridized carbons (Fsp3) is 0.500. The van der Waals surface area contributed by atoms with Crippen molar-refractivity contribution in [3.05, 3.63) is 18.3 Å². The molecule has 1 aromatic heterocycles. The van der Waals surface area contributed by atoms with Crippen molar-refractivity contribution in [3.8, 4) is 5.75 Å². The highest BCUT2D eigenvalue weighted by Gasteiger charge is 2.23. The number of halogens is 1. The van der Waals surface area contributed by atoms with E-state index in [2.05, 4.69) is 9.88 Å². The molecule has 84 valence electrons. The summed E-state index contributed by atoms with van der Waals surface area (Å²) in [5, 5.41) is 9.59. The number of pyridine rings is 1. The third-order valence-corrected chi connectivity index (χ3v) is 2.68. The van der Waals surface area contributed by atoms with Crippen LogP contribution in [-0.2, 0) is 0 Å². The van der Waals surface area contributed by atoms with Crippen molar-refractivity contribution in [1.82, 2.24) is 4.98 Å². The van der Waals surface area contributed by atoms with Gasteiger partial charge in [0, 0.05) is 19.3 Å². The highest BCUT2D eigenvalue weighted by Crippen LogP contribution is 2.28. The fourth-order valence-electron chi connectivity index (χ4n) is 1.85. The summed E-state index contributed by atoms with van der Waals surface area (Å²) in [7, 11) is 0. The maximum Gasteiger partial charge on any atom is 0.171 e. The Bertz CT molecular complexity index is 321. The van der Waals surface area contributed by atoms with Gasteiger partial charge in [-0.3, -0.25) is 0 Å². The van der Waals surface area contributed by atoms with Crippen molar-refractivity contribution in [2.45, 2.75) is 6.42 Å². The summed E-state index contributed by atoms with van der Waals surface area (Å²) in [5.74, 6) is 1.48. The lowest BCUT2D eigenvalue weighted by atomic mass is 10.1. The number of aromatic nitrogens is 1. The minimum Gasteiger partial charge on any atom is -0.504 e. The van der Waals surface area contributed by atoms with Crippen molar-refractivity contribution < 1.29 is 5.11 Å². The number of anilines is 1. The number of hydrogen-bond donors (Lipinski definition) is 2. The average Bonchev–Trinajstić information content (AvgIpc) is 2.67. The van der Waals surface area contributed by atoms with Crippen LogP contribution in [0, 0.1) is 5.92 Å². The topological polar surface area (TPSA) is 62.4 Å². The molecular formula is C10H16ClN3O. The van der Waals surface area contributed by atoms with E-state index < -0.39 is 0 Å². The molecule has 0 bridgehead atoms.